The lowest BCUT2D eigenvalue weighted by Gasteiger charge is -2.03. The van der Waals surface area contributed by atoms with Crippen LogP contribution >= 0.6 is 31.9 Å². The first-order valence-electron chi connectivity index (χ1n) is 6.01. The fourth-order valence-electron chi connectivity index (χ4n) is 1.78. The van der Waals surface area contributed by atoms with Gasteiger partial charge >= 0.3 is 0 Å². The molecule has 0 fully saturated rings. The van der Waals surface area contributed by atoms with Crippen LogP contribution in [0.3, 0.4) is 0 Å². The van der Waals surface area contributed by atoms with Gasteiger partial charge in [-0.05, 0) is 37.9 Å². The summed E-state index contributed by atoms with van der Waals surface area (Å²) in [5.41, 5.74) is 7.56. The van der Waals surface area contributed by atoms with Gasteiger partial charge in [-0.2, -0.15) is 4.98 Å². The minimum absolute atomic E-state index is 0.358. The molecule has 3 heterocycles. The van der Waals surface area contributed by atoms with E-state index in [0.717, 1.165) is 14.6 Å². The highest BCUT2D eigenvalue weighted by atomic mass is 79.9. The summed E-state index contributed by atoms with van der Waals surface area (Å²) in [4.78, 5) is 15.5. The standard InChI is InChI=1S/C12H10Br2N6O/c13-6-1-8(14)10(17-3-6)11-19-12(21-20-11)9(15)2-7-4-16-5-18-7/h1,3-5,9H,2,15H2,(H,16,18)/t9-/m0/s1. The van der Waals surface area contributed by atoms with Crippen molar-refractivity contribution < 1.29 is 4.52 Å². The molecule has 3 rings (SSSR count). The molecule has 0 bridgehead atoms. The van der Waals surface area contributed by atoms with Crippen LogP contribution in [0.4, 0.5) is 0 Å². The first kappa shape index (κ1) is 14.4. The highest BCUT2D eigenvalue weighted by Gasteiger charge is 2.18. The number of aromatic amines is 1. The van der Waals surface area contributed by atoms with Crippen LogP contribution in [0, 0.1) is 0 Å². The SMILES string of the molecule is N[C@@H](Cc1cnc[nH]1)c1nc(-c2ncc(Br)cc2Br)no1. The summed E-state index contributed by atoms with van der Waals surface area (Å²) in [7, 11) is 0. The summed E-state index contributed by atoms with van der Waals surface area (Å²) in [5, 5.41) is 3.93. The second kappa shape index (κ2) is 6.04. The number of nitrogens with zero attached hydrogens (tertiary/aromatic N) is 4. The molecule has 3 aromatic rings. The van der Waals surface area contributed by atoms with Crippen molar-refractivity contribution in [3.8, 4) is 11.5 Å². The van der Waals surface area contributed by atoms with Crippen molar-refractivity contribution in [1.82, 2.24) is 25.1 Å². The molecule has 0 amide bonds. The van der Waals surface area contributed by atoms with Crippen molar-refractivity contribution in [1.29, 1.82) is 0 Å². The number of nitrogens with two attached hydrogens (primary N) is 1. The van der Waals surface area contributed by atoms with Gasteiger partial charge in [-0.3, -0.25) is 4.98 Å². The molecule has 21 heavy (non-hydrogen) atoms. The van der Waals surface area contributed by atoms with E-state index in [0.29, 0.717) is 23.8 Å². The summed E-state index contributed by atoms with van der Waals surface area (Å²) < 4.78 is 6.85. The van der Waals surface area contributed by atoms with Gasteiger partial charge in [-0.15, -0.1) is 0 Å². The molecule has 0 unspecified atom stereocenters. The maximum atomic E-state index is 6.06. The minimum atomic E-state index is -0.402. The molecule has 3 N–H and O–H groups in total. The summed E-state index contributed by atoms with van der Waals surface area (Å²) in [6, 6.07) is 1.46. The number of hydrogen-bond donors (Lipinski definition) is 2. The third-order valence-electron chi connectivity index (χ3n) is 2.77. The Kier molecular flexibility index (Phi) is 4.13. The molecule has 0 aliphatic heterocycles. The fraction of sp³-hybridized carbons (Fsp3) is 0.167. The Labute approximate surface area is 136 Å². The molecule has 0 aliphatic rings. The Morgan fingerprint density at radius 1 is 1.33 bits per heavy atom. The third-order valence-corrected chi connectivity index (χ3v) is 3.81. The Hall–Kier alpha value is -1.58. The topological polar surface area (TPSA) is 107 Å². The molecule has 0 aromatic carbocycles. The van der Waals surface area contributed by atoms with Crippen LogP contribution in [0.5, 0.6) is 0 Å². The van der Waals surface area contributed by atoms with Crippen LogP contribution in [-0.4, -0.2) is 25.1 Å². The number of nitrogens with one attached hydrogen (secondary N) is 1. The van der Waals surface area contributed by atoms with Crippen molar-refractivity contribution in [3.05, 3.63) is 45.3 Å². The largest absolute Gasteiger partial charge is 0.348 e. The summed E-state index contributed by atoms with van der Waals surface area (Å²) >= 11 is 6.76. The predicted octanol–water partition coefficient (Wildman–Crippen LogP) is 2.62. The average molecular weight is 414 g/mol. The van der Waals surface area contributed by atoms with Crippen LogP contribution in [0.15, 0.2) is 38.3 Å². The van der Waals surface area contributed by atoms with Gasteiger partial charge in [0.25, 0.3) is 0 Å². The van der Waals surface area contributed by atoms with Crippen molar-refractivity contribution in [2.45, 2.75) is 12.5 Å². The van der Waals surface area contributed by atoms with Crippen molar-refractivity contribution in [2.24, 2.45) is 5.73 Å². The van der Waals surface area contributed by atoms with E-state index in [-0.39, 0.29) is 0 Å². The zero-order valence-corrected chi connectivity index (χ0v) is 13.8. The second-order valence-corrected chi connectivity index (χ2v) is 6.10. The maximum absolute atomic E-state index is 6.06. The van der Waals surface area contributed by atoms with Crippen LogP contribution in [0.2, 0.25) is 0 Å². The first-order valence-corrected chi connectivity index (χ1v) is 7.60. The van der Waals surface area contributed by atoms with Gasteiger partial charge in [-0.1, -0.05) is 5.16 Å². The number of H-pyrrole nitrogens is 1. The van der Waals surface area contributed by atoms with Crippen LogP contribution in [0.25, 0.3) is 11.5 Å². The van der Waals surface area contributed by atoms with E-state index in [1.54, 1.807) is 18.7 Å². The lowest BCUT2D eigenvalue weighted by molar-refractivity contribution is 0.353. The molecule has 3 aromatic heterocycles. The maximum Gasteiger partial charge on any atom is 0.244 e. The fourth-order valence-corrected chi connectivity index (χ4v) is 2.95. The highest BCUT2D eigenvalue weighted by molar-refractivity contribution is 9.11. The van der Waals surface area contributed by atoms with E-state index in [2.05, 4.69) is 57.0 Å². The first-order chi connectivity index (χ1) is 10.1. The molecule has 0 spiro atoms. The molecule has 9 heteroatoms. The highest BCUT2D eigenvalue weighted by Crippen LogP contribution is 2.27. The Morgan fingerprint density at radius 2 is 2.19 bits per heavy atom. The van der Waals surface area contributed by atoms with E-state index in [1.165, 1.54) is 0 Å². The number of halogens is 2. The zero-order chi connectivity index (χ0) is 14.8. The second-order valence-electron chi connectivity index (χ2n) is 4.33. The van der Waals surface area contributed by atoms with E-state index in [4.69, 9.17) is 10.3 Å². The number of hydrogen-bond acceptors (Lipinski definition) is 6. The normalized spacial score (nSPS) is 12.5. The molecule has 0 radical (unpaired) electrons. The molecular weight excluding hydrogens is 404 g/mol. The van der Waals surface area contributed by atoms with Gasteiger partial charge in [0.2, 0.25) is 11.7 Å². The average Bonchev–Trinajstić information content (AvgIpc) is 3.09. The minimum Gasteiger partial charge on any atom is -0.348 e. The molecular formula is C12H10Br2N6O. The van der Waals surface area contributed by atoms with Crippen LogP contribution < -0.4 is 5.73 Å². The Bertz CT molecular complexity index is 742. The molecule has 0 saturated heterocycles. The van der Waals surface area contributed by atoms with E-state index >= 15 is 0 Å². The van der Waals surface area contributed by atoms with Gasteiger partial charge in [0, 0.05) is 33.5 Å². The number of imidazole rings is 1. The lowest BCUT2D eigenvalue weighted by atomic mass is 10.2. The van der Waals surface area contributed by atoms with Gasteiger partial charge in [0.15, 0.2) is 0 Å². The van der Waals surface area contributed by atoms with Gasteiger partial charge in [0.05, 0.1) is 12.4 Å². The smallest absolute Gasteiger partial charge is 0.244 e. The van der Waals surface area contributed by atoms with Gasteiger partial charge < -0.3 is 15.2 Å². The summed E-state index contributed by atoms with van der Waals surface area (Å²) in [6.45, 7) is 0. The van der Waals surface area contributed by atoms with Crippen LogP contribution in [-0.2, 0) is 6.42 Å². The number of pyridine rings is 1. The van der Waals surface area contributed by atoms with Gasteiger partial charge in [-0.25, -0.2) is 4.98 Å². The van der Waals surface area contributed by atoms with Crippen LogP contribution in [0.1, 0.15) is 17.6 Å². The quantitative estimate of drug-likeness (QED) is 0.680. The Morgan fingerprint density at radius 3 is 2.90 bits per heavy atom. The van der Waals surface area contributed by atoms with E-state index < -0.39 is 6.04 Å². The number of aromatic nitrogens is 5. The third kappa shape index (κ3) is 3.20. The van der Waals surface area contributed by atoms with Crippen molar-refractivity contribution in [2.75, 3.05) is 0 Å². The van der Waals surface area contributed by atoms with E-state index in [1.807, 2.05) is 6.07 Å². The summed E-state index contributed by atoms with van der Waals surface area (Å²) in [5.74, 6) is 0.751. The predicted molar refractivity (Wildman–Crippen MR) is 82.1 cm³/mol. The molecule has 1 atom stereocenters. The van der Waals surface area contributed by atoms with Gasteiger partial charge in [0.1, 0.15) is 5.69 Å². The van der Waals surface area contributed by atoms with E-state index in [9.17, 15) is 0 Å². The van der Waals surface area contributed by atoms with Crippen molar-refractivity contribution >= 4 is 31.9 Å². The lowest BCUT2D eigenvalue weighted by Crippen LogP contribution is -2.14. The summed E-state index contributed by atoms with van der Waals surface area (Å²) in [6.07, 6.45) is 5.52. The Balaban J connectivity index is 1.82. The zero-order valence-electron chi connectivity index (χ0n) is 10.6. The molecule has 0 saturated carbocycles. The molecule has 108 valence electrons. The van der Waals surface area contributed by atoms with Crippen molar-refractivity contribution in [3.63, 3.8) is 0 Å². The molecule has 0 aliphatic carbocycles. The molecule has 7 nitrogen and oxygen atoms in total. The monoisotopic (exact) mass is 412 g/mol. The number of rotatable bonds is 4.